The number of hydrogen-bond acceptors (Lipinski definition) is 2. The molecule has 1 N–H and O–H groups in total. The molecular weight excluding hydrogens is 229 g/mol. The maximum Gasteiger partial charge on any atom is 0.131 e. The molecule has 0 amide bonds. The van der Waals surface area contributed by atoms with Gasteiger partial charge in [0.2, 0.25) is 0 Å². The molecule has 1 heterocycles. The van der Waals surface area contributed by atoms with Gasteiger partial charge in [0, 0.05) is 37.0 Å². The Morgan fingerprint density at radius 3 is 2.78 bits per heavy atom. The van der Waals surface area contributed by atoms with Crippen LogP contribution in [0.25, 0.3) is 11.1 Å². The molecular formula is C14H18FN3. The summed E-state index contributed by atoms with van der Waals surface area (Å²) in [5, 5.41) is 7.39. The van der Waals surface area contributed by atoms with Gasteiger partial charge in [-0.15, -0.1) is 0 Å². The van der Waals surface area contributed by atoms with Crippen LogP contribution < -0.4 is 5.32 Å². The van der Waals surface area contributed by atoms with E-state index in [1.165, 1.54) is 6.07 Å². The van der Waals surface area contributed by atoms with Crippen molar-refractivity contribution in [3.05, 3.63) is 42.0 Å². The fourth-order valence-corrected chi connectivity index (χ4v) is 1.79. The van der Waals surface area contributed by atoms with Crippen molar-refractivity contribution in [3.63, 3.8) is 0 Å². The van der Waals surface area contributed by atoms with Gasteiger partial charge in [0.15, 0.2) is 0 Å². The lowest BCUT2D eigenvalue weighted by atomic mass is 10.1. The fraction of sp³-hybridized carbons (Fsp3) is 0.357. The lowest BCUT2D eigenvalue weighted by Crippen LogP contribution is -2.21. The van der Waals surface area contributed by atoms with Crippen LogP contribution in [-0.2, 0) is 13.6 Å². The maximum absolute atomic E-state index is 13.8. The summed E-state index contributed by atoms with van der Waals surface area (Å²) >= 11 is 0. The summed E-state index contributed by atoms with van der Waals surface area (Å²) in [6.07, 6.45) is 3.50. The standard InChI is InChI=1S/C14H18FN3/c1-10(2)16-7-11-4-5-14(15)13(6-11)12-8-17-18(3)9-12/h4-6,8-10,16H,7H2,1-3H3. The van der Waals surface area contributed by atoms with Gasteiger partial charge in [-0.3, -0.25) is 4.68 Å². The minimum atomic E-state index is -0.212. The first kappa shape index (κ1) is 12.8. The average molecular weight is 247 g/mol. The van der Waals surface area contributed by atoms with Crippen LogP contribution in [0.15, 0.2) is 30.6 Å². The van der Waals surface area contributed by atoms with Crippen LogP contribution in [0, 0.1) is 5.82 Å². The van der Waals surface area contributed by atoms with Crippen LogP contribution in [0.5, 0.6) is 0 Å². The third-order valence-electron chi connectivity index (χ3n) is 2.76. The lowest BCUT2D eigenvalue weighted by molar-refractivity contribution is 0.586. The van der Waals surface area contributed by atoms with Crippen LogP contribution in [0.2, 0.25) is 0 Å². The Hall–Kier alpha value is -1.68. The molecule has 3 nitrogen and oxygen atoms in total. The van der Waals surface area contributed by atoms with E-state index in [0.717, 1.165) is 17.7 Å². The Balaban J connectivity index is 2.27. The van der Waals surface area contributed by atoms with Crippen molar-refractivity contribution in [1.29, 1.82) is 0 Å². The molecule has 0 aliphatic rings. The second-order valence-electron chi connectivity index (χ2n) is 4.75. The highest BCUT2D eigenvalue weighted by atomic mass is 19.1. The molecule has 0 aliphatic carbocycles. The fourth-order valence-electron chi connectivity index (χ4n) is 1.79. The second-order valence-corrected chi connectivity index (χ2v) is 4.75. The van der Waals surface area contributed by atoms with Crippen molar-refractivity contribution in [1.82, 2.24) is 15.1 Å². The van der Waals surface area contributed by atoms with Crippen LogP contribution in [-0.4, -0.2) is 15.8 Å². The van der Waals surface area contributed by atoms with Crippen LogP contribution >= 0.6 is 0 Å². The van der Waals surface area contributed by atoms with Gasteiger partial charge in [0.1, 0.15) is 5.82 Å². The van der Waals surface area contributed by atoms with Gasteiger partial charge in [0.25, 0.3) is 0 Å². The van der Waals surface area contributed by atoms with Crippen molar-refractivity contribution in [3.8, 4) is 11.1 Å². The van der Waals surface area contributed by atoms with E-state index in [2.05, 4.69) is 24.3 Å². The SMILES string of the molecule is CC(C)NCc1ccc(F)c(-c2cnn(C)c2)c1. The van der Waals surface area contributed by atoms with E-state index >= 15 is 0 Å². The summed E-state index contributed by atoms with van der Waals surface area (Å²) < 4.78 is 15.5. The normalized spacial score (nSPS) is 11.2. The van der Waals surface area contributed by atoms with E-state index in [9.17, 15) is 4.39 Å². The number of rotatable bonds is 4. The zero-order valence-electron chi connectivity index (χ0n) is 10.9. The molecule has 0 fully saturated rings. The van der Waals surface area contributed by atoms with Crippen LogP contribution in [0.3, 0.4) is 0 Å². The molecule has 0 saturated carbocycles. The summed E-state index contributed by atoms with van der Waals surface area (Å²) in [4.78, 5) is 0. The molecule has 0 radical (unpaired) electrons. The van der Waals surface area contributed by atoms with Gasteiger partial charge in [-0.05, 0) is 17.7 Å². The minimum Gasteiger partial charge on any atom is -0.310 e. The van der Waals surface area contributed by atoms with Gasteiger partial charge in [-0.1, -0.05) is 19.9 Å². The molecule has 0 spiro atoms. The van der Waals surface area contributed by atoms with Crippen molar-refractivity contribution < 1.29 is 4.39 Å². The number of aryl methyl sites for hydroxylation is 1. The highest BCUT2D eigenvalue weighted by molar-refractivity contribution is 5.63. The smallest absolute Gasteiger partial charge is 0.131 e. The first-order valence-corrected chi connectivity index (χ1v) is 6.07. The molecule has 0 unspecified atom stereocenters. The predicted molar refractivity (Wildman–Crippen MR) is 70.6 cm³/mol. The third kappa shape index (κ3) is 2.96. The largest absolute Gasteiger partial charge is 0.310 e. The molecule has 2 rings (SSSR count). The van der Waals surface area contributed by atoms with E-state index in [4.69, 9.17) is 0 Å². The Morgan fingerprint density at radius 1 is 1.39 bits per heavy atom. The molecule has 0 aliphatic heterocycles. The van der Waals surface area contributed by atoms with Crippen molar-refractivity contribution in [2.24, 2.45) is 7.05 Å². The second kappa shape index (κ2) is 5.31. The number of aromatic nitrogens is 2. The number of nitrogens with zero attached hydrogens (tertiary/aromatic N) is 2. The number of benzene rings is 1. The van der Waals surface area contributed by atoms with Gasteiger partial charge in [0.05, 0.1) is 6.20 Å². The Labute approximate surface area is 107 Å². The Kier molecular flexibility index (Phi) is 3.77. The highest BCUT2D eigenvalue weighted by Crippen LogP contribution is 2.23. The van der Waals surface area contributed by atoms with E-state index in [0.29, 0.717) is 11.6 Å². The van der Waals surface area contributed by atoms with Crippen molar-refractivity contribution in [2.75, 3.05) is 0 Å². The molecule has 0 atom stereocenters. The topological polar surface area (TPSA) is 29.9 Å². The van der Waals surface area contributed by atoms with Gasteiger partial charge in [-0.2, -0.15) is 5.10 Å². The summed E-state index contributed by atoms with van der Waals surface area (Å²) in [6.45, 7) is 4.92. The molecule has 1 aromatic carbocycles. The highest BCUT2D eigenvalue weighted by Gasteiger charge is 2.08. The summed E-state index contributed by atoms with van der Waals surface area (Å²) in [5.74, 6) is -0.212. The van der Waals surface area contributed by atoms with E-state index in [-0.39, 0.29) is 5.82 Å². The zero-order chi connectivity index (χ0) is 13.1. The van der Waals surface area contributed by atoms with E-state index in [1.807, 2.05) is 25.4 Å². The number of halogens is 1. The lowest BCUT2D eigenvalue weighted by Gasteiger charge is -2.09. The summed E-state index contributed by atoms with van der Waals surface area (Å²) in [6, 6.07) is 5.61. The molecule has 2 aromatic rings. The molecule has 0 saturated heterocycles. The van der Waals surface area contributed by atoms with Gasteiger partial charge >= 0.3 is 0 Å². The Morgan fingerprint density at radius 2 is 2.17 bits per heavy atom. The minimum absolute atomic E-state index is 0.212. The molecule has 4 heteroatoms. The zero-order valence-corrected chi connectivity index (χ0v) is 10.9. The van der Waals surface area contributed by atoms with Crippen LogP contribution in [0.4, 0.5) is 4.39 Å². The van der Waals surface area contributed by atoms with Gasteiger partial charge < -0.3 is 5.32 Å². The van der Waals surface area contributed by atoms with E-state index in [1.54, 1.807) is 10.9 Å². The first-order chi connectivity index (χ1) is 8.56. The molecule has 96 valence electrons. The summed E-state index contributed by atoms with van der Waals surface area (Å²) in [5.41, 5.74) is 2.48. The molecule has 18 heavy (non-hydrogen) atoms. The van der Waals surface area contributed by atoms with Gasteiger partial charge in [-0.25, -0.2) is 4.39 Å². The monoisotopic (exact) mass is 247 g/mol. The third-order valence-corrected chi connectivity index (χ3v) is 2.76. The van der Waals surface area contributed by atoms with Crippen molar-refractivity contribution >= 4 is 0 Å². The maximum atomic E-state index is 13.8. The van der Waals surface area contributed by atoms with Crippen LogP contribution in [0.1, 0.15) is 19.4 Å². The molecule has 0 bridgehead atoms. The Bertz CT molecular complexity index is 532. The first-order valence-electron chi connectivity index (χ1n) is 6.07. The average Bonchev–Trinajstić information content (AvgIpc) is 2.74. The van der Waals surface area contributed by atoms with E-state index < -0.39 is 0 Å². The quantitative estimate of drug-likeness (QED) is 0.900. The number of nitrogens with one attached hydrogen (secondary N) is 1. The number of hydrogen-bond donors (Lipinski definition) is 1. The summed E-state index contributed by atoms with van der Waals surface area (Å²) in [7, 11) is 1.82. The molecule has 1 aromatic heterocycles. The van der Waals surface area contributed by atoms with Crippen molar-refractivity contribution in [2.45, 2.75) is 26.4 Å². The predicted octanol–water partition coefficient (Wildman–Crippen LogP) is 2.72.